The lowest BCUT2D eigenvalue weighted by Crippen LogP contribution is -2.09. The lowest BCUT2D eigenvalue weighted by Gasteiger charge is -2.07. The molecule has 1 aromatic carbocycles. The van der Waals surface area contributed by atoms with E-state index >= 15 is 0 Å². The largest absolute Gasteiger partial charge is 0.321 e. The molecule has 3 nitrogen and oxygen atoms in total. The number of amides is 1. The normalized spacial score (nSPS) is 10.5. The summed E-state index contributed by atoms with van der Waals surface area (Å²) in [4.78, 5) is 12.4. The molecule has 1 amide bonds. The fourth-order valence-electron chi connectivity index (χ4n) is 1.48. The Labute approximate surface area is 105 Å². The fourth-order valence-corrected chi connectivity index (χ4v) is 1.97. The smallest absolute Gasteiger partial charge is 0.267 e. The maximum Gasteiger partial charge on any atom is 0.267 e. The highest BCUT2D eigenvalue weighted by Crippen LogP contribution is 2.18. The van der Waals surface area contributed by atoms with Gasteiger partial charge in [-0.05, 0) is 41.2 Å². The average Bonchev–Trinajstić information content (AvgIpc) is 2.83. The number of nitrogens with one attached hydrogen (secondary N) is 1. The SMILES string of the molecule is CC(C)c1ccc(NC(=O)c2ccns2)cc1. The molecule has 0 atom stereocenters. The molecule has 0 aliphatic carbocycles. The Kier molecular flexibility index (Phi) is 3.54. The van der Waals surface area contributed by atoms with Crippen molar-refractivity contribution in [1.82, 2.24) is 4.37 Å². The molecule has 1 heterocycles. The number of hydrogen-bond donors (Lipinski definition) is 1. The van der Waals surface area contributed by atoms with Gasteiger partial charge in [-0.15, -0.1) is 0 Å². The van der Waals surface area contributed by atoms with Crippen LogP contribution in [0.2, 0.25) is 0 Å². The van der Waals surface area contributed by atoms with Crippen molar-refractivity contribution in [3.63, 3.8) is 0 Å². The van der Waals surface area contributed by atoms with Crippen molar-refractivity contribution < 1.29 is 4.79 Å². The third kappa shape index (κ3) is 2.91. The van der Waals surface area contributed by atoms with E-state index in [0.29, 0.717) is 10.8 Å². The Balaban J connectivity index is 2.07. The van der Waals surface area contributed by atoms with Gasteiger partial charge in [0.05, 0.1) is 0 Å². The number of benzene rings is 1. The molecule has 0 radical (unpaired) electrons. The first-order valence-corrected chi connectivity index (χ1v) is 6.26. The summed E-state index contributed by atoms with van der Waals surface area (Å²) in [5.41, 5.74) is 2.08. The van der Waals surface area contributed by atoms with E-state index < -0.39 is 0 Å². The second kappa shape index (κ2) is 5.10. The molecule has 1 aromatic heterocycles. The van der Waals surface area contributed by atoms with Gasteiger partial charge < -0.3 is 5.32 Å². The summed E-state index contributed by atoms with van der Waals surface area (Å²) in [5.74, 6) is 0.394. The van der Waals surface area contributed by atoms with E-state index in [4.69, 9.17) is 0 Å². The van der Waals surface area contributed by atoms with Crippen LogP contribution in [0, 0.1) is 0 Å². The molecule has 4 heteroatoms. The van der Waals surface area contributed by atoms with Gasteiger partial charge in [-0.25, -0.2) is 4.37 Å². The number of carbonyl (C=O) groups excluding carboxylic acids is 1. The molecule has 0 saturated heterocycles. The van der Waals surface area contributed by atoms with Crippen molar-refractivity contribution in [2.75, 3.05) is 5.32 Å². The van der Waals surface area contributed by atoms with Crippen LogP contribution in [0.3, 0.4) is 0 Å². The Hall–Kier alpha value is -1.68. The van der Waals surface area contributed by atoms with Crippen LogP contribution in [-0.2, 0) is 0 Å². The van der Waals surface area contributed by atoms with Crippen molar-refractivity contribution in [1.29, 1.82) is 0 Å². The summed E-state index contributed by atoms with van der Waals surface area (Å²) in [5, 5.41) is 2.84. The highest BCUT2D eigenvalue weighted by Gasteiger charge is 2.07. The molecule has 2 aromatic rings. The minimum absolute atomic E-state index is 0.107. The summed E-state index contributed by atoms with van der Waals surface area (Å²) < 4.78 is 3.90. The predicted molar refractivity (Wildman–Crippen MR) is 70.6 cm³/mol. The van der Waals surface area contributed by atoms with Gasteiger partial charge in [0.1, 0.15) is 4.88 Å². The molecule has 2 rings (SSSR count). The van der Waals surface area contributed by atoms with Gasteiger partial charge in [0.15, 0.2) is 0 Å². The van der Waals surface area contributed by atoms with Crippen LogP contribution in [0.5, 0.6) is 0 Å². The minimum Gasteiger partial charge on any atom is -0.321 e. The van der Waals surface area contributed by atoms with Gasteiger partial charge in [-0.2, -0.15) is 0 Å². The van der Waals surface area contributed by atoms with E-state index in [2.05, 4.69) is 23.5 Å². The summed E-state index contributed by atoms with van der Waals surface area (Å²) in [6, 6.07) is 9.63. The van der Waals surface area contributed by atoms with Gasteiger partial charge >= 0.3 is 0 Å². The topological polar surface area (TPSA) is 42.0 Å². The quantitative estimate of drug-likeness (QED) is 0.900. The van der Waals surface area contributed by atoms with E-state index in [1.165, 1.54) is 17.1 Å². The van der Waals surface area contributed by atoms with Crippen LogP contribution in [-0.4, -0.2) is 10.3 Å². The van der Waals surface area contributed by atoms with Gasteiger partial charge in [-0.3, -0.25) is 4.79 Å². The van der Waals surface area contributed by atoms with Crippen molar-refractivity contribution >= 4 is 23.1 Å². The molecule has 0 saturated carbocycles. The van der Waals surface area contributed by atoms with Crippen molar-refractivity contribution in [2.45, 2.75) is 19.8 Å². The Morgan fingerprint density at radius 1 is 1.24 bits per heavy atom. The fraction of sp³-hybridized carbons (Fsp3) is 0.231. The van der Waals surface area contributed by atoms with E-state index in [9.17, 15) is 4.79 Å². The highest BCUT2D eigenvalue weighted by molar-refractivity contribution is 7.08. The summed E-state index contributed by atoms with van der Waals surface area (Å²) in [7, 11) is 0. The minimum atomic E-state index is -0.107. The number of rotatable bonds is 3. The van der Waals surface area contributed by atoms with Crippen LogP contribution in [0.1, 0.15) is 35.0 Å². The van der Waals surface area contributed by atoms with Crippen molar-refractivity contribution in [3.8, 4) is 0 Å². The molecule has 0 fully saturated rings. The third-order valence-corrected chi connectivity index (χ3v) is 3.24. The first-order valence-electron chi connectivity index (χ1n) is 5.49. The van der Waals surface area contributed by atoms with E-state index in [1.54, 1.807) is 12.3 Å². The molecule has 0 unspecified atom stereocenters. The van der Waals surface area contributed by atoms with E-state index in [-0.39, 0.29) is 5.91 Å². The Morgan fingerprint density at radius 3 is 2.47 bits per heavy atom. The van der Waals surface area contributed by atoms with Crippen molar-refractivity contribution in [3.05, 3.63) is 47.0 Å². The first-order chi connectivity index (χ1) is 8.16. The second-order valence-corrected chi connectivity index (χ2v) is 4.94. The maximum absolute atomic E-state index is 11.8. The Bertz CT molecular complexity index is 489. The molecule has 88 valence electrons. The van der Waals surface area contributed by atoms with Crippen LogP contribution >= 0.6 is 11.5 Å². The van der Waals surface area contributed by atoms with Gasteiger partial charge in [0, 0.05) is 11.9 Å². The summed E-state index contributed by atoms with van der Waals surface area (Å²) in [6.07, 6.45) is 1.63. The summed E-state index contributed by atoms with van der Waals surface area (Å²) in [6.45, 7) is 4.29. The van der Waals surface area contributed by atoms with Gasteiger partial charge in [0.2, 0.25) is 0 Å². The molecule has 0 aliphatic heterocycles. The van der Waals surface area contributed by atoms with E-state index in [1.807, 2.05) is 24.3 Å². The molecule has 0 bridgehead atoms. The number of carbonyl (C=O) groups is 1. The van der Waals surface area contributed by atoms with Crippen molar-refractivity contribution in [2.24, 2.45) is 0 Å². The zero-order chi connectivity index (χ0) is 12.3. The van der Waals surface area contributed by atoms with Gasteiger partial charge in [0.25, 0.3) is 5.91 Å². The number of hydrogen-bond acceptors (Lipinski definition) is 3. The van der Waals surface area contributed by atoms with Crippen LogP contribution < -0.4 is 5.32 Å². The Morgan fingerprint density at radius 2 is 1.94 bits per heavy atom. The maximum atomic E-state index is 11.8. The predicted octanol–water partition coefficient (Wildman–Crippen LogP) is 3.52. The van der Waals surface area contributed by atoms with E-state index in [0.717, 1.165) is 5.69 Å². The molecule has 0 aliphatic rings. The number of anilines is 1. The van der Waals surface area contributed by atoms with Crippen LogP contribution in [0.15, 0.2) is 36.5 Å². The summed E-state index contributed by atoms with van der Waals surface area (Å²) >= 11 is 1.20. The highest BCUT2D eigenvalue weighted by atomic mass is 32.1. The molecule has 0 spiro atoms. The first kappa shape index (κ1) is 11.8. The zero-order valence-corrected chi connectivity index (χ0v) is 10.6. The lowest BCUT2D eigenvalue weighted by molar-refractivity contribution is 0.103. The van der Waals surface area contributed by atoms with Crippen LogP contribution in [0.4, 0.5) is 5.69 Å². The molecule has 1 N–H and O–H groups in total. The van der Waals surface area contributed by atoms with Crippen LogP contribution in [0.25, 0.3) is 0 Å². The molecular formula is C13H14N2OS. The average molecular weight is 246 g/mol. The zero-order valence-electron chi connectivity index (χ0n) is 9.81. The second-order valence-electron chi connectivity index (χ2n) is 4.11. The molecular weight excluding hydrogens is 232 g/mol. The lowest BCUT2D eigenvalue weighted by atomic mass is 10.0. The standard InChI is InChI=1S/C13H14N2OS/c1-9(2)10-3-5-11(6-4-10)15-13(16)12-7-8-14-17-12/h3-9H,1-2H3,(H,15,16). The monoisotopic (exact) mass is 246 g/mol. The number of nitrogens with zero attached hydrogens (tertiary/aromatic N) is 1. The molecule has 17 heavy (non-hydrogen) atoms. The third-order valence-electron chi connectivity index (χ3n) is 2.50. The number of aromatic nitrogens is 1. The van der Waals surface area contributed by atoms with Gasteiger partial charge in [-0.1, -0.05) is 26.0 Å².